The highest BCUT2D eigenvalue weighted by Gasteiger charge is 2.38. The second-order valence-corrected chi connectivity index (χ2v) is 4.27. The predicted octanol–water partition coefficient (Wildman–Crippen LogP) is 2.33. The Labute approximate surface area is 123 Å². The van der Waals surface area contributed by atoms with E-state index in [0.29, 0.717) is 17.7 Å². The molecule has 1 aromatic carbocycles. The van der Waals surface area contributed by atoms with Gasteiger partial charge in [-0.05, 0) is 24.6 Å². The Kier molecular flexibility index (Phi) is 7.16. The average molecular weight is 321 g/mol. The minimum Gasteiger partial charge on any atom is -0.475 e. The van der Waals surface area contributed by atoms with E-state index in [9.17, 15) is 23.3 Å². The second kappa shape index (κ2) is 8.08. The number of halogens is 3. The quantitative estimate of drug-likeness (QED) is 0.445. The van der Waals surface area contributed by atoms with E-state index in [1.54, 1.807) is 12.1 Å². The number of nitrogens with two attached hydrogens (primary N) is 1. The molecule has 1 aromatic rings. The van der Waals surface area contributed by atoms with Gasteiger partial charge in [-0.15, -0.1) is 0 Å². The molecule has 22 heavy (non-hydrogen) atoms. The Balaban J connectivity index is 0.000000534. The zero-order valence-electron chi connectivity index (χ0n) is 11.4. The van der Waals surface area contributed by atoms with Gasteiger partial charge in [-0.2, -0.15) is 13.2 Å². The van der Waals surface area contributed by atoms with E-state index < -0.39 is 17.1 Å². The number of nitrogens with one attached hydrogen (secondary N) is 1. The van der Waals surface area contributed by atoms with Gasteiger partial charge in [0.25, 0.3) is 5.69 Å². The number of hydrogen-bond donors (Lipinski definition) is 3. The molecule has 0 spiro atoms. The van der Waals surface area contributed by atoms with Crippen LogP contribution in [0.2, 0.25) is 0 Å². The number of rotatable bonds is 4. The summed E-state index contributed by atoms with van der Waals surface area (Å²) in [4.78, 5) is 18.8. The third kappa shape index (κ3) is 7.33. The standard InChI is InChI=1S/C10H13N3O2.C2HF3O2/c1-7(11)6-10(12)8-2-4-9(5-3-8)13(14)15;3-2(4,5)1(6)7/h2-5,7,12H,6,11H2,1H3;(H,6,7)/t7-;/m0./s1. The summed E-state index contributed by atoms with van der Waals surface area (Å²) in [5, 5.41) is 25.2. The van der Waals surface area contributed by atoms with Crippen molar-refractivity contribution in [2.24, 2.45) is 5.73 Å². The molecule has 0 aliphatic heterocycles. The van der Waals surface area contributed by atoms with Gasteiger partial charge in [0.2, 0.25) is 0 Å². The molecule has 0 bridgehead atoms. The Morgan fingerprint density at radius 3 is 2.09 bits per heavy atom. The number of nitrogens with zero attached hydrogens (tertiary/aromatic N) is 1. The van der Waals surface area contributed by atoms with E-state index in [1.807, 2.05) is 6.92 Å². The summed E-state index contributed by atoms with van der Waals surface area (Å²) in [5.74, 6) is -2.76. The lowest BCUT2D eigenvalue weighted by Crippen LogP contribution is -2.21. The molecule has 0 radical (unpaired) electrons. The number of benzene rings is 1. The van der Waals surface area contributed by atoms with Crippen molar-refractivity contribution >= 4 is 17.4 Å². The molecule has 4 N–H and O–H groups in total. The van der Waals surface area contributed by atoms with E-state index in [1.165, 1.54) is 12.1 Å². The average Bonchev–Trinajstić information content (AvgIpc) is 2.37. The number of non-ortho nitro benzene ring substituents is 1. The Morgan fingerprint density at radius 1 is 1.41 bits per heavy atom. The van der Waals surface area contributed by atoms with Crippen LogP contribution in [0.15, 0.2) is 24.3 Å². The monoisotopic (exact) mass is 321 g/mol. The highest BCUT2D eigenvalue weighted by Crippen LogP contribution is 2.14. The largest absolute Gasteiger partial charge is 0.490 e. The number of alkyl halides is 3. The third-order valence-corrected chi connectivity index (χ3v) is 2.20. The summed E-state index contributed by atoms with van der Waals surface area (Å²) < 4.78 is 31.7. The fourth-order valence-electron chi connectivity index (χ4n) is 1.22. The van der Waals surface area contributed by atoms with Crippen LogP contribution in [-0.2, 0) is 4.79 Å². The minimum absolute atomic E-state index is 0.0346. The van der Waals surface area contributed by atoms with Crippen molar-refractivity contribution in [3.63, 3.8) is 0 Å². The minimum atomic E-state index is -5.08. The molecule has 7 nitrogen and oxygen atoms in total. The van der Waals surface area contributed by atoms with Gasteiger partial charge < -0.3 is 16.2 Å². The summed E-state index contributed by atoms with van der Waals surface area (Å²) >= 11 is 0. The fraction of sp³-hybridized carbons (Fsp3) is 0.333. The smallest absolute Gasteiger partial charge is 0.475 e. The number of hydrogen-bond acceptors (Lipinski definition) is 5. The van der Waals surface area contributed by atoms with Crippen LogP contribution in [0.4, 0.5) is 18.9 Å². The Bertz CT molecular complexity index is 542. The first-order valence-electron chi connectivity index (χ1n) is 5.83. The number of carboxylic acid groups (broad SMARTS) is 1. The lowest BCUT2D eigenvalue weighted by atomic mass is 10.0. The van der Waals surface area contributed by atoms with Crippen molar-refractivity contribution in [1.82, 2.24) is 0 Å². The summed E-state index contributed by atoms with van der Waals surface area (Å²) in [6, 6.07) is 5.86. The van der Waals surface area contributed by atoms with Gasteiger partial charge in [-0.1, -0.05) is 0 Å². The number of carboxylic acids is 1. The number of aliphatic carboxylic acids is 1. The summed E-state index contributed by atoms with van der Waals surface area (Å²) in [6.07, 6.45) is -4.61. The van der Waals surface area contributed by atoms with E-state index >= 15 is 0 Å². The van der Waals surface area contributed by atoms with Crippen LogP contribution in [0.25, 0.3) is 0 Å². The number of nitro benzene ring substituents is 1. The molecule has 0 unspecified atom stereocenters. The molecular formula is C12H14F3N3O4. The first-order valence-corrected chi connectivity index (χ1v) is 5.83. The molecule has 122 valence electrons. The zero-order chi connectivity index (χ0) is 17.5. The molecule has 0 heterocycles. The van der Waals surface area contributed by atoms with Gasteiger partial charge in [0.15, 0.2) is 0 Å². The maximum atomic E-state index is 10.6. The van der Waals surface area contributed by atoms with Crippen molar-refractivity contribution in [3.05, 3.63) is 39.9 Å². The molecule has 0 amide bonds. The zero-order valence-corrected chi connectivity index (χ0v) is 11.4. The number of carbonyl (C=O) groups is 1. The molecule has 1 atom stereocenters. The molecule has 0 aromatic heterocycles. The van der Waals surface area contributed by atoms with Gasteiger partial charge in [-0.25, -0.2) is 4.79 Å². The van der Waals surface area contributed by atoms with Gasteiger partial charge in [-0.3, -0.25) is 10.1 Å². The normalized spacial score (nSPS) is 11.9. The maximum absolute atomic E-state index is 10.6. The van der Waals surface area contributed by atoms with Gasteiger partial charge in [0.05, 0.1) is 4.92 Å². The summed E-state index contributed by atoms with van der Waals surface area (Å²) in [5.41, 5.74) is 6.68. The molecular weight excluding hydrogens is 307 g/mol. The number of nitro groups is 1. The highest BCUT2D eigenvalue weighted by molar-refractivity contribution is 5.98. The van der Waals surface area contributed by atoms with Gasteiger partial charge in [0.1, 0.15) is 0 Å². The molecule has 0 saturated heterocycles. The molecule has 0 aliphatic rings. The van der Waals surface area contributed by atoms with Crippen LogP contribution >= 0.6 is 0 Å². The first-order chi connectivity index (χ1) is 9.95. The topological polar surface area (TPSA) is 130 Å². The molecule has 0 fully saturated rings. The van der Waals surface area contributed by atoms with Crippen LogP contribution in [0, 0.1) is 15.5 Å². The van der Waals surface area contributed by atoms with Crippen molar-refractivity contribution in [3.8, 4) is 0 Å². The van der Waals surface area contributed by atoms with Crippen molar-refractivity contribution in [1.29, 1.82) is 5.41 Å². The SMILES string of the molecule is C[C@H](N)CC(=N)c1ccc([N+](=O)[O-])cc1.O=C(O)C(F)(F)F. The van der Waals surface area contributed by atoms with E-state index in [2.05, 4.69) is 0 Å². The Hall–Kier alpha value is -2.49. The lowest BCUT2D eigenvalue weighted by molar-refractivity contribution is -0.384. The molecule has 1 rings (SSSR count). The second-order valence-electron chi connectivity index (χ2n) is 4.27. The van der Waals surface area contributed by atoms with Gasteiger partial charge >= 0.3 is 12.1 Å². The summed E-state index contributed by atoms with van der Waals surface area (Å²) in [7, 11) is 0. The van der Waals surface area contributed by atoms with E-state index in [-0.39, 0.29) is 11.7 Å². The maximum Gasteiger partial charge on any atom is 0.490 e. The van der Waals surface area contributed by atoms with E-state index in [4.69, 9.17) is 21.0 Å². The predicted molar refractivity (Wildman–Crippen MR) is 71.9 cm³/mol. The van der Waals surface area contributed by atoms with Crippen LogP contribution in [0.5, 0.6) is 0 Å². The van der Waals surface area contributed by atoms with Crippen molar-refractivity contribution < 1.29 is 28.0 Å². The first kappa shape index (κ1) is 19.5. The van der Waals surface area contributed by atoms with Crippen molar-refractivity contribution in [2.45, 2.75) is 25.6 Å². The molecule has 10 heteroatoms. The van der Waals surface area contributed by atoms with E-state index in [0.717, 1.165) is 0 Å². The Morgan fingerprint density at radius 2 is 1.82 bits per heavy atom. The van der Waals surface area contributed by atoms with Crippen LogP contribution < -0.4 is 5.73 Å². The lowest BCUT2D eigenvalue weighted by Gasteiger charge is -2.06. The third-order valence-electron chi connectivity index (χ3n) is 2.20. The van der Waals surface area contributed by atoms with Crippen LogP contribution in [-0.4, -0.2) is 33.9 Å². The summed E-state index contributed by atoms with van der Waals surface area (Å²) in [6.45, 7) is 1.82. The van der Waals surface area contributed by atoms with Crippen molar-refractivity contribution in [2.75, 3.05) is 0 Å². The molecule has 0 saturated carbocycles. The van der Waals surface area contributed by atoms with Crippen LogP contribution in [0.1, 0.15) is 18.9 Å². The van der Waals surface area contributed by atoms with Gasteiger partial charge in [0, 0.05) is 30.3 Å². The molecule has 0 aliphatic carbocycles. The van der Waals surface area contributed by atoms with Crippen LogP contribution in [0.3, 0.4) is 0 Å². The fourth-order valence-corrected chi connectivity index (χ4v) is 1.22. The highest BCUT2D eigenvalue weighted by atomic mass is 19.4.